The minimum absolute atomic E-state index is 0.0920. The summed E-state index contributed by atoms with van der Waals surface area (Å²) in [6.07, 6.45) is -4.29. The van der Waals surface area contributed by atoms with Gasteiger partial charge in [0.1, 0.15) is 11.5 Å². The summed E-state index contributed by atoms with van der Waals surface area (Å²) in [5.74, 6) is 0.449. The van der Waals surface area contributed by atoms with Crippen LogP contribution in [0.4, 0.5) is 13.2 Å². The van der Waals surface area contributed by atoms with Crippen molar-refractivity contribution in [2.24, 2.45) is 0 Å². The van der Waals surface area contributed by atoms with Gasteiger partial charge in [-0.15, -0.1) is 0 Å². The smallest absolute Gasteiger partial charge is 0.416 e. The Hall–Kier alpha value is -1.01. The fourth-order valence-electron chi connectivity index (χ4n) is 2.00. The lowest BCUT2D eigenvalue weighted by molar-refractivity contribution is -0.137. The number of alkyl halides is 3. The van der Waals surface area contributed by atoms with Gasteiger partial charge in [0, 0.05) is 18.2 Å². The number of ether oxygens (including phenoxy) is 1. The van der Waals surface area contributed by atoms with E-state index in [2.05, 4.69) is 15.9 Å². The maximum atomic E-state index is 12.7. The van der Waals surface area contributed by atoms with Crippen LogP contribution in [0.5, 0.6) is 11.5 Å². The van der Waals surface area contributed by atoms with Gasteiger partial charge in [0.15, 0.2) is 0 Å². The molecule has 1 atom stereocenters. The minimum atomic E-state index is -4.48. The first-order chi connectivity index (χ1) is 11.5. The number of hydrogen-bond acceptors (Lipinski definition) is 3. The first-order valence-corrected chi connectivity index (χ1v) is 10.4. The van der Waals surface area contributed by atoms with Gasteiger partial charge in [-0.3, -0.25) is 4.57 Å². The van der Waals surface area contributed by atoms with Gasteiger partial charge in [-0.2, -0.15) is 13.2 Å². The average molecular weight is 458 g/mol. The molecule has 1 unspecified atom stereocenters. The molecule has 0 aliphatic heterocycles. The molecule has 0 fully saturated rings. The molecule has 2 aromatic rings. The Morgan fingerprint density at radius 1 is 1.20 bits per heavy atom. The van der Waals surface area contributed by atoms with Crippen molar-refractivity contribution < 1.29 is 27.0 Å². The normalized spacial score (nSPS) is 14.2. The minimum Gasteiger partial charge on any atom is -0.456 e. The predicted octanol–water partition coefficient (Wildman–Crippen LogP) is 6.97. The summed E-state index contributed by atoms with van der Waals surface area (Å²) in [5, 5.41) is -0.155. The van der Waals surface area contributed by atoms with Gasteiger partial charge >= 0.3 is 6.18 Å². The molecule has 0 amide bonds. The Balaban J connectivity index is 2.28. The third-order valence-electron chi connectivity index (χ3n) is 3.35. The van der Waals surface area contributed by atoms with Crippen molar-refractivity contribution >= 4 is 34.9 Å². The van der Waals surface area contributed by atoms with Gasteiger partial charge in [0.2, 0.25) is 7.37 Å². The molecular weight excluding hydrogens is 443 g/mol. The number of rotatable bonds is 5. The molecule has 0 aliphatic rings. The monoisotopic (exact) mass is 456 g/mol. The van der Waals surface area contributed by atoms with Crippen LogP contribution in [0.15, 0.2) is 40.9 Å². The maximum absolute atomic E-state index is 12.7. The van der Waals surface area contributed by atoms with Crippen LogP contribution in [0, 0.1) is 0 Å². The summed E-state index contributed by atoms with van der Waals surface area (Å²) in [5.41, 5.74) is -0.165. The fourth-order valence-corrected chi connectivity index (χ4v) is 3.83. The van der Waals surface area contributed by atoms with Crippen molar-refractivity contribution in [2.75, 3.05) is 13.8 Å². The highest BCUT2D eigenvalue weighted by atomic mass is 79.9. The van der Waals surface area contributed by atoms with E-state index >= 15 is 0 Å². The van der Waals surface area contributed by atoms with E-state index in [0.29, 0.717) is 11.3 Å². The second kappa shape index (κ2) is 7.70. The van der Waals surface area contributed by atoms with E-state index < -0.39 is 19.1 Å². The summed E-state index contributed by atoms with van der Waals surface area (Å²) in [6.45, 7) is 1.51. The van der Waals surface area contributed by atoms with Crippen molar-refractivity contribution in [1.29, 1.82) is 0 Å². The summed E-state index contributed by atoms with van der Waals surface area (Å²) < 4.78 is 61.4. The Kier molecular flexibility index (Phi) is 6.26. The van der Waals surface area contributed by atoms with Crippen molar-refractivity contribution in [3.05, 3.63) is 57.0 Å². The van der Waals surface area contributed by atoms with Crippen molar-refractivity contribution in [1.82, 2.24) is 0 Å². The SMILES string of the molecule is COP(C)(=O)Cc1cc(Oc2ccc(C(F)(F)F)cc2Cl)ccc1Br. The van der Waals surface area contributed by atoms with Crippen LogP contribution in [0.25, 0.3) is 0 Å². The molecule has 2 aromatic carbocycles. The Morgan fingerprint density at radius 3 is 2.44 bits per heavy atom. The van der Waals surface area contributed by atoms with E-state index in [-0.39, 0.29) is 16.9 Å². The van der Waals surface area contributed by atoms with E-state index in [4.69, 9.17) is 20.9 Å². The van der Waals surface area contributed by atoms with Crippen LogP contribution in [0.3, 0.4) is 0 Å². The molecule has 0 N–H and O–H groups in total. The van der Waals surface area contributed by atoms with Crippen LogP contribution < -0.4 is 4.74 Å². The molecule has 0 bridgehead atoms. The molecule has 136 valence electrons. The van der Waals surface area contributed by atoms with E-state index in [1.54, 1.807) is 18.2 Å². The number of hydrogen-bond donors (Lipinski definition) is 0. The second-order valence-corrected chi connectivity index (χ2v) is 9.32. The molecule has 0 aromatic heterocycles. The van der Waals surface area contributed by atoms with Crippen LogP contribution in [-0.4, -0.2) is 13.8 Å². The summed E-state index contributed by atoms with van der Waals surface area (Å²) in [4.78, 5) is 0. The molecule has 0 heterocycles. The molecule has 0 saturated carbocycles. The molecule has 2 rings (SSSR count). The molecule has 0 spiro atoms. The van der Waals surface area contributed by atoms with Crippen LogP contribution in [0.2, 0.25) is 5.02 Å². The lowest BCUT2D eigenvalue weighted by Crippen LogP contribution is -2.04. The third-order valence-corrected chi connectivity index (χ3v) is 6.10. The van der Waals surface area contributed by atoms with Gasteiger partial charge < -0.3 is 9.26 Å². The number of benzene rings is 2. The lowest BCUT2D eigenvalue weighted by atomic mass is 10.2. The molecule has 25 heavy (non-hydrogen) atoms. The molecule has 0 radical (unpaired) electrons. The van der Waals surface area contributed by atoms with Gasteiger partial charge in [-0.25, -0.2) is 0 Å². The summed E-state index contributed by atoms with van der Waals surface area (Å²) >= 11 is 9.25. The number of halogens is 5. The van der Waals surface area contributed by atoms with Gasteiger partial charge in [0.25, 0.3) is 0 Å². The Morgan fingerprint density at radius 2 is 1.88 bits per heavy atom. The van der Waals surface area contributed by atoms with Crippen LogP contribution in [-0.2, 0) is 21.4 Å². The van der Waals surface area contributed by atoms with E-state index in [1.807, 2.05) is 0 Å². The molecule has 9 heteroatoms. The van der Waals surface area contributed by atoms with Crippen molar-refractivity contribution in [2.45, 2.75) is 12.3 Å². The van der Waals surface area contributed by atoms with Crippen molar-refractivity contribution in [3.63, 3.8) is 0 Å². The fraction of sp³-hybridized carbons (Fsp3) is 0.250. The predicted molar refractivity (Wildman–Crippen MR) is 94.9 cm³/mol. The largest absolute Gasteiger partial charge is 0.456 e. The molecule has 0 saturated heterocycles. The highest BCUT2D eigenvalue weighted by molar-refractivity contribution is 9.10. The summed E-state index contributed by atoms with van der Waals surface area (Å²) in [6, 6.07) is 7.81. The van der Waals surface area contributed by atoms with Gasteiger partial charge in [-0.1, -0.05) is 27.5 Å². The highest BCUT2D eigenvalue weighted by Gasteiger charge is 2.31. The van der Waals surface area contributed by atoms with Crippen LogP contribution >= 0.6 is 34.9 Å². The molecule has 3 nitrogen and oxygen atoms in total. The summed E-state index contributed by atoms with van der Waals surface area (Å²) in [7, 11) is -1.42. The first kappa shape index (κ1) is 20.3. The zero-order chi connectivity index (χ0) is 18.8. The average Bonchev–Trinajstić information content (AvgIpc) is 2.51. The lowest BCUT2D eigenvalue weighted by Gasteiger charge is -2.14. The zero-order valence-corrected chi connectivity index (χ0v) is 16.5. The molecular formula is C16H14BrClF3O3P. The van der Waals surface area contributed by atoms with Gasteiger partial charge in [0.05, 0.1) is 16.7 Å². The van der Waals surface area contributed by atoms with Crippen LogP contribution in [0.1, 0.15) is 11.1 Å². The van der Waals surface area contributed by atoms with Gasteiger partial charge in [-0.05, 0) is 42.0 Å². The maximum Gasteiger partial charge on any atom is 0.416 e. The standard InChI is InChI=1S/C16H14BrClF3O3P/c1-23-25(2,22)9-10-7-12(4-5-13(10)17)24-15-6-3-11(8-14(15)18)16(19,20)21/h3-8H,9H2,1-2H3. The quantitative estimate of drug-likeness (QED) is 0.455. The Labute approximate surface area is 156 Å². The zero-order valence-electron chi connectivity index (χ0n) is 13.2. The second-order valence-electron chi connectivity index (χ2n) is 5.35. The topological polar surface area (TPSA) is 35.5 Å². The van der Waals surface area contributed by atoms with E-state index in [9.17, 15) is 17.7 Å². The molecule has 0 aliphatic carbocycles. The third kappa shape index (κ3) is 5.48. The van der Waals surface area contributed by atoms with E-state index in [0.717, 1.165) is 22.7 Å². The highest BCUT2D eigenvalue weighted by Crippen LogP contribution is 2.47. The van der Waals surface area contributed by atoms with E-state index in [1.165, 1.54) is 13.8 Å². The first-order valence-electron chi connectivity index (χ1n) is 6.97. The Bertz CT molecular complexity index is 827. The van der Waals surface area contributed by atoms with Crippen molar-refractivity contribution in [3.8, 4) is 11.5 Å².